The minimum absolute atomic E-state index is 0.108. The Kier molecular flexibility index (Phi) is 3.57. The van der Waals surface area contributed by atoms with Crippen LogP contribution in [0.15, 0.2) is 35.1 Å². The maximum absolute atomic E-state index is 13.2. The number of hydrogen-bond acceptors (Lipinski definition) is 4. The summed E-state index contributed by atoms with van der Waals surface area (Å²) in [5.74, 6) is -1.30. The van der Waals surface area contributed by atoms with E-state index >= 15 is 0 Å². The normalized spacial score (nSPS) is 10.3. The van der Waals surface area contributed by atoms with Crippen LogP contribution in [0.3, 0.4) is 0 Å². The highest BCUT2D eigenvalue weighted by atomic mass is 19.1. The highest BCUT2D eigenvalue weighted by Gasteiger charge is 2.15. The zero-order chi connectivity index (χ0) is 13.0. The number of rotatable bonds is 5. The molecule has 0 fully saturated rings. The van der Waals surface area contributed by atoms with E-state index in [9.17, 15) is 9.18 Å². The first-order valence-corrected chi connectivity index (χ1v) is 5.21. The van der Waals surface area contributed by atoms with Crippen molar-refractivity contribution in [1.82, 2.24) is 4.98 Å². The van der Waals surface area contributed by atoms with Gasteiger partial charge in [-0.1, -0.05) is 12.1 Å². The average Bonchev–Trinajstić information content (AvgIpc) is 2.80. The number of para-hydroxylation sites is 1. The number of aromatic carboxylic acids is 1. The van der Waals surface area contributed by atoms with Crippen molar-refractivity contribution < 1.29 is 23.4 Å². The lowest BCUT2D eigenvalue weighted by molar-refractivity contribution is 0.0688. The lowest BCUT2D eigenvalue weighted by Crippen LogP contribution is -2.06. The smallest absolute Gasteiger partial charge is 0.358 e. The minimum Gasteiger partial charge on any atom is -0.490 e. The summed E-state index contributed by atoms with van der Waals surface area (Å²) in [6.45, 7) is 0.108. The number of carbonyl (C=O) groups is 1. The molecule has 0 saturated carbocycles. The van der Waals surface area contributed by atoms with Gasteiger partial charge < -0.3 is 14.3 Å². The minimum atomic E-state index is -1.16. The van der Waals surface area contributed by atoms with Crippen LogP contribution < -0.4 is 4.74 Å². The summed E-state index contributed by atoms with van der Waals surface area (Å²) >= 11 is 0. The Hall–Kier alpha value is -2.37. The fourth-order valence-corrected chi connectivity index (χ4v) is 1.44. The summed E-state index contributed by atoms with van der Waals surface area (Å²) in [5.41, 5.74) is -0.146. The van der Waals surface area contributed by atoms with E-state index in [2.05, 4.69) is 4.98 Å². The molecule has 6 heteroatoms. The number of nitrogens with zero attached hydrogens (tertiary/aromatic N) is 1. The predicted octanol–water partition coefficient (Wildman–Crippen LogP) is 2.13. The highest BCUT2D eigenvalue weighted by Crippen LogP contribution is 2.16. The van der Waals surface area contributed by atoms with Crippen LogP contribution in [0.25, 0.3) is 0 Å². The quantitative estimate of drug-likeness (QED) is 0.881. The molecule has 1 aromatic carbocycles. The first-order chi connectivity index (χ1) is 8.68. The third kappa shape index (κ3) is 2.65. The summed E-state index contributed by atoms with van der Waals surface area (Å²) in [6, 6.07) is 5.98. The number of oxazole rings is 1. The number of carboxylic acid groups (broad SMARTS) is 1. The van der Waals surface area contributed by atoms with E-state index in [1.807, 2.05) is 0 Å². The molecule has 0 spiro atoms. The SMILES string of the molecule is O=C(O)c1ncoc1CCOc1ccccc1F. The van der Waals surface area contributed by atoms with Crippen molar-refractivity contribution in [2.45, 2.75) is 6.42 Å². The van der Waals surface area contributed by atoms with Crippen molar-refractivity contribution in [2.75, 3.05) is 6.61 Å². The van der Waals surface area contributed by atoms with E-state index in [1.165, 1.54) is 12.1 Å². The molecular formula is C12H10FNO4. The molecule has 0 amide bonds. The second kappa shape index (κ2) is 5.31. The van der Waals surface area contributed by atoms with Gasteiger partial charge in [0.15, 0.2) is 23.7 Å². The van der Waals surface area contributed by atoms with Crippen LogP contribution in [-0.2, 0) is 6.42 Å². The predicted molar refractivity (Wildman–Crippen MR) is 59.1 cm³/mol. The third-order valence-corrected chi connectivity index (χ3v) is 2.27. The highest BCUT2D eigenvalue weighted by molar-refractivity contribution is 5.86. The van der Waals surface area contributed by atoms with Crippen molar-refractivity contribution in [1.29, 1.82) is 0 Å². The van der Waals surface area contributed by atoms with Crippen LogP contribution in [0.4, 0.5) is 4.39 Å². The van der Waals surface area contributed by atoms with Gasteiger partial charge in [-0.15, -0.1) is 0 Å². The molecule has 94 valence electrons. The molecule has 0 bridgehead atoms. The fraction of sp³-hybridized carbons (Fsp3) is 0.167. The Morgan fingerprint density at radius 2 is 2.22 bits per heavy atom. The van der Waals surface area contributed by atoms with E-state index in [1.54, 1.807) is 12.1 Å². The first-order valence-electron chi connectivity index (χ1n) is 5.21. The zero-order valence-electron chi connectivity index (χ0n) is 9.30. The van der Waals surface area contributed by atoms with Crippen LogP contribution in [-0.4, -0.2) is 22.7 Å². The number of ether oxygens (including phenoxy) is 1. The molecule has 0 atom stereocenters. The van der Waals surface area contributed by atoms with Gasteiger partial charge in [-0.3, -0.25) is 0 Å². The van der Waals surface area contributed by atoms with E-state index in [0.717, 1.165) is 6.39 Å². The molecule has 0 aliphatic rings. The van der Waals surface area contributed by atoms with Gasteiger partial charge in [0, 0.05) is 6.42 Å². The molecule has 18 heavy (non-hydrogen) atoms. The van der Waals surface area contributed by atoms with Crippen molar-refractivity contribution in [3.63, 3.8) is 0 Å². The van der Waals surface area contributed by atoms with Crippen LogP contribution >= 0.6 is 0 Å². The first kappa shape index (κ1) is 12.1. The Morgan fingerprint density at radius 1 is 1.44 bits per heavy atom. The standard InChI is InChI=1S/C12H10FNO4/c13-8-3-1-2-4-9(8)17-6-5-10-11(12(15)16)14-7-18-10/h1-4,7H,5-6H2,(H,15,16). The molecule has 0 saturated heterocycles. The summed E-state index contributed by atoms with van der Waals surface area (Å²) in [4.78, 5) is 14.3. The van der Waals surface area contributed by atoms with Gasteiger partial charge in [-0.25, -0.2) is 14.2 Å². The van der Waals surface area contributed by atoms with Gasteiger partial charge in [0.2, 0.25) is 0 Å². The van der Waals surface area contributed by atoms with Gasteiger partial charge in [0.1, 0.15) is 5.76 Å². The van der Waals surface area contributed by atoms with Crippen molar-refractivity contribution in [3.8, 4) is 5.75 Å². The zero-order valence-corrected chi connectivity index (χ0v) is 9.30. The van der Waals surface area contributed by atoms with Crippen LogP contribution in [0.2, 0.25) is 0 Å². The van der Waals surface area contributed by atoms with Crippen LogP contribution in [0.1, 0.15) is 16.2 Å². The summed E-state index contributed by atoms with van der Waals surface area (Å²) in [7, 11) is 0. The summed E-state index contributed by atoms with van der Waals surface area (Å²) < 4.78 is 23.3. The van der Waals surface area contributed by atoms with E-state index in [-0.39, 0.29) is 30.2 Å². The molecular weight excluding hydrogens is 241 g/mol. The lowest BCUT2D eigenvalue weighted by Gasteiger charge is -2.05. The topological polar surface area (TPSA) is 72.6 Å². The van der Waals surface area contributed by atoms with Crippen molar-refractivity contribution in [3.05, 3.63) is 47.9 Å². The Bertz CT molecular complexity index is 553. The maximum Gasteiger partial charge on any atom is 0.358 e. The molecule has 2 aromatic rings. The molecule has 1 heterocycles. The van der Waals surface area contributed by atoms with E-state index in [0.29, 0.717) is 0 Å². The van der Waals surface area contributed by atoms with Gasteiger partial charge in [0.25, 0.3) is 0 Å². The fourth-order valence-electron chi connectivity index (χ4n) is 1.44. The molecule has 0 radical (unpaired) electrons. The van der Waals surface area contributed by atoms with Gasteiger partial charge in [0.05, 0.1) is 6.61 Å². The number of carboxylic acids is 1. The molecule has 2 rings (SSSR count). The molecule has 0 aliphatic heterocycles. The number of halogens is 1. The van der Waals surface area contributed by atoms with E-state index in [4.69, 9.17) is 14.3 Å². The molecule has 5 nitrogen and oxygen atoms in total. The number of hydrogen-bond donors (Lipinski definition) is 1. The van der Waals surface area contributed by atoms with Crippen LogP contribution in [0, 0.1) is 5.82 Å². The summed E-state index contributed by atoms with van der Waals surface area (Å²) in [5, 5.41) is 8.79. The van der Waals surface area contributed by atoms with Crippen LogP contribution in [0.5, 0.6) is 5.75 Å². The number of aromatic nitrogens is 1. The number of benzene rings is 1. The Balaban J connectivity index is 1.95. The largest absolute Gasteiger partial charge is 0.490 e. The average molecular weight is 251 g/mol. The Labute approximate surface area is 102 Å². The lowest BCUT2D eigenvalue weighted by atomic mass is 10.3. The molecule has 1 N–H and O–H groups in total. The Morgan fingerprint density at radius 3 is 2.94 bits per heavy atom. The maximum atomic E-state index is 13.2. The summed E-state index contributed by atoms with van der Waals surface area (Å²) in [6.07, 6.45) is 1.26. The molecule has 0 aliphatic carbocycles. The second-order valence-electron chi connectivity index (χ2n) is 3.46. The van der Waals surface area contributed by atoms with Gasteiger partial charge in [-0.05, 0) is 12.1 Å². The van der Waals surface area contributed by atoms with Gasteiger partial charge in [-0.2, -0.15) is 0 Å². The third-order valence-electron chi connectivity index (χ3n) is 2.27. The van der Waals surface area contributed by atoms with Gasteiger partial charge >= 0.3 is 5.97 Å². The second-order valence-corrected chi connectivity index (χ2v) is 3.46. The van der Waals surface area contributed by atoms with Crippen molar-refractivity contribution in [2.24, 2.45) is 0 Å². The molecule has 0 unspecified atom stereocenters. The van der Waals surface area contributed by atoms with E-state index < -0.39 is 11.8 Å². The van der Waals surface area contributed by atoms with Crippen molar-refractivity contribution >= 4 is 5.97 Å². The monoisotopic (exact) mass is 251 g/mol. The molecule has 1 aromatic heterocycles.